The third kappa shape index (κ3) is 9.38. The van der Waals surface area contributed by atoms with E-state index in [4.69, 9.17) is 13.9 Å². The molecule has 2 amide bonds. The molecule has 36 heavy (non-hydrogen) atoms. The van der Waals surface area contributed by atoms with E-state index in [1.807, 2.05) is 0 Å². The Kier molecular flexibility index (Phi) is 12.6. The zero-order chi connectivity index (χ0) is 27.1. The Hall–Kier alpha value is -4.53. The number of rotatable bonds is 10. The van der Waals surface area contributed by atoms with Crippen molar-refractivity contribution >= 4 is 17.6 Å². The molecule has 9 heteroatoms. The van der Waals surface area contributed by atoms with Crippen molar-refractivity contribution in [3.63, 3.8) is 0 Å². The molecule has 1 heterocycles. The van der Waals surface area contributed by atoms with Crippen molar-refractivity contribution in [1.29, 1.82) is 0 Å². The van der Waals surface area contributed by atoms with Crippen LogP contribution in [0.25, 0.3) is 0 Å². The van der Waals surface area contributed by atoms with Gasteiger partial charge in [0.1, 0.15) is 17.4 Å². The summed E-state index contributed by atoms with van der Waals surface area (Å²) in [6.45, 7) is 12.3. The number of ether oxygens (including phenoxy) is 2. The molecule has 0 spiro atoms. The third-order valence-electron chi connectivity index (χ3n) is 4.57. The Morgan fingerprint density at radius 2 is 1.92 bits per heavy atom. The first-order chi connectivity index (χ1) is 17.2. The number of nitrogens with one attached hydrogen (secondary N) is 3. The average Bonchev–Trinajstić information content (AvgIpc) is 2.91. The monoisotopic (exact) mass is 494 g/mol. The lowest BCUT2D eigenvalue weighted by Gasteiger charge is -2.10. The summed E-state index contributed by atoms with van der Waals surface area (Å²) in [6, 6.07) is 3.29. The number of hydrogen-bond acceptors (Lipinski definition) is 6. The van der Waals surface area contributed by atoms with Crippen molar-refractivity contribution in [2.75, 3.05) is 21.2 Å². The highest BCUT2D eigenvalue weighted by Crippen LogP contribution is 2.28. The van der Waals surface area contributed by atoms with Gasteiger partial charge in [-0.15, -0.1) is 0 Å². The van der Waals surface area contributed by atoms with Crippen LogP contribution in [0.5, 0.6) is 11.5 Å². The van der Waals surface area contributed by atoms with Crippen LogP contribution in [0.2, 0.25) is 0 Å². The molecule has 0 bridgehead atoms. The molecule has 0 aromatic carbocycles. The summed E-state index contributed by atoms with van der Waals surface area (Å²) in [6.07, 6.45) is 10.7. The van der Waals surface area contributed by atoms with Crippen LogP contribution < -0.4 is 25.4 Å². The second-order valence-corrected chi connectivity index (χ2v) is 7.19. The number of aliphatic imine (C=N–C) groups is 1. The number of carbonyl (C=O) groups is 2. The van der Waals surface area contributed by atoms with Crippen molar-refractivity contribution in [1.82, 2.24) is 16.0 Å². The van der Waals surface area contributed by atoms with E-state index in [1.54, 1.807) is 77.5 Å². The molecule has 3 N–H and O–H groups in total. The van der Waals surface area contributed by atoms with Crippen LogP contribution in [0.3, 0.4) is 0 Å². The number of methoxy groups -OCH3 is 1. The van der Waals surface area contributed by atoms with E-state index in [0.29, 0.717) is 45.7 Å². The molecule has 192 valence electrons. The van der Waals surface area contributed by atoms with Gasteiger partial charge in [0.2, 0.25) is 5.91 Å². The lowest BCUT2D eigenvalue weighted by atomic mass is 10.1. The van der Waals surface area contributed by atoms with Gasteiger partial charge in [-0.1, -0.05) is 25.3 Å². The van der Waals surface area contributed by atoms with Gasteiger partial charge in [0, 0.05) is 32.4 Å². The largest absolute Gasteiger partial charge is 0.493 e. The van der Waals surface area contributed by atoms with E-state index >= 15 is 0 Å². The molecule has 0 fully saturated rings. The third-order valence-corrected chi connectivity index (χ3v) is 4.57. The van der Waals surface area contributed by atoms with Gasteiger partial charge in [-0.05, 0) is 44.6 Å². The molecule has 1 rings (SSSR count). The lowest BCUT2D eigenvalue weighted by molar-refractivity contribution is -0.115. The SMILES string of the molecule is C=C/C=C\C(=C\NC(/C=C(\C)Oc1ccoc(C)c(C(=O)NC)c(C)cc1OC)=NC)NC(=O)C=C. The maximum atomic E-state index is 12.3. The first kappa shape index (κ1) is 29.5. The van der Waals surface area contributed by atoms with Crippen LogP contribution in [0.15, 0.2) is 89.0 Å². The second kappa shape index (κ2) is 15.4. The summed E-state index contributed by atoms with van der Waals surface area (Å²) in [5.41, 5.74) is 1.51. The summed E-state index contributed by atoms with van der Waals surface area (Å²) in [4.78, 5) is 28.2. The Morgan fingerprint density at radius 3 is 2.50 bits per heavy atom. The Balaban J connectivity index is 3.34. The average molecular weight is 495 g/mol. The predicted octanol–water partition coefficient (Wildman–Crippen LogP) is 4.18. The van der Waals surface area contributed by atoms with Gasteiger partial charge < -0.3 is 29.8 Å². The number of allylic oxidation sites excluding steroid dienone is 4. The van der Waals surface area contributed by atoms with Crippen LogP contribution in [0.1, 0.15) is 28.6 Å². The summed E-state index contributed by atoms with van der Waals surface area (Å²) in [7, 11) is 4.66. The van der Waals surface area contributed by atoms with Crippen LogP contribution in [0, 0.1) is 13.8 Å². The molecule has 1 aromatic heterocycles. The number of aryl methyl sites for hydroxylation is 2. The van der Waals surface area contributed by atoms with E-state index in [2.05, 4.69) is 34.1 Å². The zero-order valence-electron chi connectivity index (χ0n) is 21.6. The summed E-state index contributed by atoms with van der Waals surface area (Å²) >= 11 is 0. The highest BCUT2D eigenvalue weighted by atomic mass is 16.5. The minimum Gasteiger partial charge on any atom is -0.493 e. The Bertz CT molecular complexity index is 1150. The van der Waals surface area contributed by atoms with E-state index in [9.17, 15) is 9.59 Å². The van der Waals surface area contributed by atoms with Gasteiger partial charge in [0.25, 0.3) is 5.91 Å². The van der Waals surface area contributed by atoms with Crippen molar-refractivity contribution in [3.05, 3.63) is 96.5 Å². The Morgan fingerprint density at radius 1 is 1.19 bits per heavy atom. The topological polar surface area (TPSA) is 114 Å². The molecule has 1 aromatic rings. The summed E-state index contributed by atoms with van der Waals surface area (Å²) in [5, 5.41) is 8.30. The van der Waals surface area contributed by atoms with Gasteiger partial charge in [0.05, 0.1) is 24.6 Å². The molecule has 0 saturated carbocycles. The first-order valence-electron chi connectivity index (χ1n) is 11.0. The van der Waals surface area contributed by atoms with Crippen molar-refractivity contribution in [2.24, 2.45) is 4.99 Å². The van der Waals surface area contributed by atoms with Crippen LogP contribution in [-0.4, -0.2) is 38.9 Å². The number of hydrogen-bond donors (Lipinski definition) is 3. The molecule has 0 aliphatic carbocycles. The zero-order valence-corrected chi connectivity index (χ0v) is 21.6. The fraction of sp³-hybridized carbons (Fsp3) is 0.222. The van der Waals surface area contributed by atoms with Gasteiger partial charge in [-0.3, -0.25) is 14.6 Å². The molecule has 0 saturated heterocycles. The lowest BCUT2D eigenvalue weighted by Crippen LogP contribution is -2.23. The molecule has 0 atom stereocenters. The normalized spacial score (nSPS) is 11.9. The number of nitrogens with zero attached hydrogens (tertiary/aromatic N) is 1. The highest BCUT2D eigenvalue weighted by Gasteiger charge is 2.13. The maximum absolute atomic E-state index is 12.3. The minimum absolute atomic E-state index is 0.278. The van der Waals surface area contributed by atoms with Crippen LogP contribution in [-0.2, 0) is 4.79 Å². The molecule has 9 nitrogen and oxygen atoms in total. The maximum Gasteiger partial charge on any atom is 0.254 e. The number of carbonyl (C=O) groups excluding carboxylic acids is 2. The van der Waals surface area contributed by atoms with Gasteiger partial charge >= 0.3 is 0 Å². The van der Waals surface area contributed by atoms with Crippen molar-refractivity contribution < 1.29 is 23.5 Å². The number of amidine groups is 1. The molecule has 0 aliphatic rings. The Labute approximate surface area is 212 Å². The van der Waals surface area contributed by atoms with E-state index in [-0.39, 0.29) is 11.8 Å². The van der Waals surface area contributed by atoms with Crippen LogP contribution in [0.4, 0.5) is 0 Å². The van der Waals surface area contributed by atoms with Crippen molar-refractivity contribution in [2.45, 2.75) is 20.8 Å². The van der Waals surface area contributed by atoms with Gasteiger partial charge in [0.15, 0.2) is 11.5 Å². The first-order valence-corrected chi connectivity index (χ1v) is 11.0. The molecule has 0 unspecified atom stereocenters. The molecular formula is C27H34N4O5. The summed E-state index contributed by atoms with van der Waals surface area (Å²) < 4.78 is 17.2. The molecular weight excluding hydrogens is 460 g/mol. The van der Waals surface area contributed by atoms with E-state index in [1.165, 1.54) is 19.4 Å². The van der Waals surface area contributed by atoms with Gasteiger partial charge in [-0.25, -0.2) is 0 Å². The second-order valence-electron chi connectivity index (χ2n) is 7.19. The minimum atomic E-state index is -0.359. The fourth-order valence-corrected chi connectivity index (χ4v) is 2.87. The predicted molar refractivity (Wildman–Crippen MR) is 142 cm³/mol. The van der Waals surface area contributed by atoms with Crippen molar-refractivity contribution in [3.8, 4) is 11.5 Å². The standard InChI is InChI=1S/C27H34N4O5/c1-9-11-12-21(31-25(32)10-2)17-30-24(28-6)16-19(4)36-22-13-14-35-20(5)26(27(33)29-7)18(3)15-23(22)34-8/h9-17H,1-2H2,3-8H3,(H,28,30)(H,29,33)(H,31,32)/b12-11-,14-13?,18-15?,19-16+,21-17-,23-22?,26-20?. The van der Waals surface area contributed by atoms with E-state index < -0.39 is 0 Å². The molecule has 0 aliphatic heterocycles. The van der Waals surface area contributed by atoms with Gasteiger partial charge in [-0.2, -0.15) is 0 Å². The summed E-state index contributed by atoms with van der Waals surface area (Å²) in [5.74, 6) is 1.48. The quantitative estimate of drug-likeness (QED) is 0.148. The number of amides is 2. The highest BCUT2D eigenvalue weighted by molar-refractivity contribution is 5.96. The smallest absolute Gasteiger partial charge is 0.254 e. The van der Waals surface area contributed by atoms with E-state index in [0.717, 1.165) is 0 Å². The fourth-order valence-electron chi connectivity index (χ4n) is 2.87. The van der Waals surface area contributed by atoms with Crippen LogP contribution >= 0.6 is 0 Å². The molecule has 0 radical (unpaired) electrons.